The molecule has 9 heavy (non-hydrogen) atoms. The van der Waals surface area contributed by atoms with E-state index < -0.39 is 0 Å². The van der Waals surface area contributed by atoms with Crippen LogP contribution >= 0.6 is 24.4 Å². The van der Waals surface area contributed by atoms with Crippen molar-refractivity contribution in [3.63, 3.8) is 0 Å². The van der Waals surface area contributed by atoms with Gasteiger partial charge in [0.1, 0.15) is 0 Å². The summed E-state index contributed by atoms with van der Waals surface area (Å²) < 4.78 is 0.479. The van der Waals surface area contributed by atoms with E-state index in [0.717, 1.165) is 0 Å². The molecule has 0 bridgehead atoms. The Bertz CT molecular complexity index is 280. The lowest BCUT2D eigenvalue weighted by Gasteiger charge is -1.82. The van der Waals surface area contributed by atoms with Gasteiger partial charge in [-0.2, -0.15) is 0 Å². The predicted octanol–water partition coefficient (Wildman–Crippen LogP) is 0.490. The smallest absolute Gasteiger partial charge is 0.309 e. The Labute approximate surface area is 60.0 Å². The maximum atomic E-state index is 10.4. The van der Waals surface area contributed by atoms with Crippen LogP contribution in [0, 0.1) is 9.54 Å². The van der Waals surface area contributed by atoms with Crippen LogP contribution in [0.1, 0.15) is 0 Å². The molecule has 1 rings (SSSR count). The lowest BCUT2D eigenvalue weighted by atomic mass is 11.1. The minimum atomic E-state index is -0.385. The van der Waals surface area contributed by atoms with Gasteiger partial charge in [0.25, 0.3) is 0 Å². The summed E-state index contributed by atoms with van der Waals surface area (Å²) in [5, 5.41) is 0. The molecule has 0 unspecified atom stereocenters. The topological polar surface area (TPSA) is 64.4 Å². The van der Waals surface area contributed by atoms with Crippen molar-refractivity contribution in [3.8, 4) is 0 Å². The van der Waals surface area contributed by atoms with Gasteiger partial charge in [-0.1, -0.05) is 0 Å². The van der Waals surface area contributed by atoms with Crippen molar-refractivity contribution >= 4 is 24.4 Å². The van der Waals surface area contributed by atoms with Gasteiger partial charge < -0.3 is 4.98 Å². The average Bonchev–Trinajstić information content (AvgIpc) is 1.59. The quantitative estimate of drug-likeness (QED) is 0.485. The molecule has 1 aromatic rings. The van der Waals surface area contributed by atoms with E-state index in [1.165, 1.54) is 0 Å². The summed E-state index contributed by atoms with van der Waals surface area (Å²) in [7, 11) is 0. The maximum Gasteiger partial charge on any atom is 0.327 e. The van der Waals surface area contributed by atoms with E-state index in [1.54, 1.807) is 0 Å². The number of H-pyrrole nitrogens is 3. The number of aromatic nitrogens is 3. The van der Waals surface area contributed by atoms with Crippen molar-refractivity contribution in [3.05, 3.63) is 20.0 Å². The molecule has 0 amide bonds. The van der Waals surface area contributed by atoms with Crippen LogP contribution < -0.4 is 5.69 Å². The highest BCUT2D eigenvalue weighted by Gasteiger charge is 1.79. The molecule has 48 valence electrons. The summed E-state index contributed by atoms with van der Waals surface area (Å²) >= 11 is 9.18. The first kappa shape index (κ1) is 6.37. The molecule has 1 heterocycles. The fraction of sp³-hybridized carbons (Fsp3) is 0. The molecular weight excluding hydrogens is 158 g/mol. The number of rotatable bonds is 0. The maximum absolute atomic E-state index is 10.4. The highest BCUT2D eigenvalue weighted by atomic mass is 32.1. The van der Waals surface area contributed by atoms with Crippen LogP contribution in [0.4, 0.5) is 0 Å². The third-order valence-corrected chi connectivity index (χ3v) is 1.09. The normalized spacial score (nSPS) is 9.33. The molecule has 0 aliphatic carbocycles. The fourth-order valence-electron chi connectivity index (χ4n) is 0.403. The van der Waals surface area contributed by atoms with E-state index in [2.05, 4.69) is 39.4 Å². The first-order chi connectivity index (χ1) is 4.18. The molecule has 0 saturated heterocycles. The van der Waals surface area contributed by atoms with Crippen LogP contribution in [0.5, 0.6) is 0 Å². The number of aromatic amines is 3. The first-order valence-corrected chi connectivity index (χ1v) is 2.93. The van der Waals surface area contributed by atoms with E-state index in [1.807, 2.05) is 0 Å². The van der Waals surface area contributed by atoms with Crippen LogP contribution in [0.15, 0.2) is 4.79 Å². The minimum absolute atomic E-state index is 0.240. The van der Waals surface area contributed by atoms with Gasteiger partial charge in [0.2, 0.25) is 0 Å². The third-order valence-electron chi connectivity index (χ3n) is 0.681. The Morgan fingerprint density at radius 3 is 1.78 bits per heavy atom. The van der Waals surface area contributed by atoms with Crippen LogP contribution in [0.2, 0.25) is 0 Å². The highest BCUT2D eigenvalue weighted by molar-refractivity contribution is 7.71. The van der Waals surface area contributed by atoms with E-state index in [0.29, 0.717) is 0 Å². The zero-order valence-corrected chi connectivity index (χ0v) is 5.86. The third kappa shape index (κ3) is 1.58. The molecule has 0 aromatic carbocycles. The van der Waals surface area contributed by atoms with Crippen molar-refractivity contribution in [1.82, 2.24) is 15.0 Å². The van der Waals surface area contributed by atoms with Gasteiger partial charge in [-0.05, 0) is 24.4 Å². The largest absolute Gasteiger partial charge is 0.327 e. The fourth-order valence-corrected chi connectivity index (χ4v) is 0.857. The second kappa shape index (κ2) is 2.24. The molecule has 0 saturated carbocycles. The van der Waals surface area contributed by atoms with Gasteiger partial charge in [-0.15, -0.1) is 0 Å². The van der Waals surface area contributed by atoms with E-state index >= 15 is 0 Å². The Hall–Kier alpha value is -0.750. The van der Waals surface area contributed by atoms with Gasteiger partial charge in [-0.3, -0.25) is 9.97 Å². The Morgan fingerprint density at radius 1 is 1.00 bits per heavy atom. The van der Waals surface area contributed by atoms with Gasteiger partial charge in [0.15, 0.2) is 9.54 Å². The van der Waals surface area contributed by atoms with Gasteiger partial charge in [0, 0.05) is 0 Å². The van der Waals surface area contributed by atoms with Gasteiger partial charge in [0.05, 0.1) is 0 Å². The molecule has 6 heteroatoms. The molecule has 1 aromatic heterocycles. The average molecular weight is 161 g/mol. The molecular formula is C3H3N3OS2. The SMILES string of the molecule is O=c1[nH]c(=S)[nH]c(=S)[nH]1. The lowest BCUT2D eigenvalue weighted by Crippen LogP contribution is -2.10. The van der Waals surface area contributed by atoms with Crippen molar-refractivity contribution < 1.29 is 0 Å². The number of hydrogen-bond donors (Lipinski definition) is 3. The number of nitrogens with one attached hydrogen (secondary N) is 3. The van der Waals surface area contributed by atoms with Crippen molar-refractivity contribution in [2.45, 2.75) is 0 Å². The van der Waals surface area contributed by atoms with Crippen LogP contribution in [0.25, 0.3) is 0 Å². The van der Waals surface area contributed by atoms with Crippen molar-refractivity contribution in [2.75, 3.05) is 0 Å². The Balaban J connectivity index is 3.72. The zero-order valence-electron chi connectivity index (χ0n) is 4.22. The van der Waals surface area contributed by atoms with E-state index in [9.17, 15) is 4.79 Å². The molecule has 0 atom stereocenters. The molecule has 0 radical (unpaired) electrons. The van der Waals surface area contributed by atoms with Gasteiger partial charge >= 0.3 is 5.69 Å². The molecule has 0 aliphatic rings. The Morgan fingerprint density at radius 2 is 1.44 bits per heavy atom. The second-order valence-electron chi connectivity index (χ2n) is 1.36. The summed E-state index contributed by atoms with van der Waals surface area (Å²) in [6, 6.07) is 0. The summed E-state index contributed by atoms with van der Waals surface area (Å²) in [6.45, 7) is 0. The Kier molecular flexibility index (Phi) is 1.58. The standard InChI is InChI=1S/C3H3N3OS2/c7-1-4-2(8)6-3(9)5-1/h(H3,4,5,6,7,8,9). The summed E-state index contributed by atoms with van der Waals surface area (Å²) in [5.74, 6) is 0. The summed E-state index contributed by atoms with van der Waals surface area (Å²) in [4.78, 5) is 17.6. The predicted molar refractivity (Wildman–Crippen MR) is 37.4 cm³/mol. The van der Waals surface area contributed by atoms with E-state index in [4.69, 9.17) is 0 Å². The van der Waals surface area contributed by atoms with Crippen LogP contribution in [0.3, 0.4) is 0 Å². The van der Waals surface area contributed by atoms with Crippen LogP contribution in [-0.2, 0) is 0 Å². The number of hydrogen-bond acceptors (Lipinski definition) is 3. The zero-order chi connectivity index (χ0) is 6.85. The van der Waals surface area contributed by atoms with E-state index in [-0.39, 0.29) is 15.2 Å². The molecule has 0 aliphatic heterocycles. The minimum Gasteiger partial charge on any atom is -0.309 e. The van der Waals surface area contributed by atoms with Crippen LogP contribution in [-0.4, -0.2) is 15.0 Å². The molecule has 3 N–H and O–H groups in total. The second-order valence-corrected chi connectivity index (χ2v) is 2.18. The van der Waals surface area contributed by atoms with Crippen molar-refractivity contribution in [2.24, 2.45) is 0 Å². The van der Waals surface area contributed by atoms with Crippen molar-refractivity contribution in [1.29, 1.82) is 0 Å². The lowest BCUT2D eigenvalue weighted by molar-refractivity contribution is 0.948. The monoisotopic (exact) mass is 161 g/mol. The highest BCUT2D eigenvalue weighted by Crippen LogP contribution is 1.70. The molecule has 0 fully saturated rings. The molecule has 4 nitrogen and oxygen atoms in total. The molecule has 0 spiro atoms. The summed E-state index contributed by atoms with van der Waals surface area (Å²) in [5.41, 5.74) is -0.385. The summed E-state index contributed by atoms with van der Waals surface area (Å²) in [6.07, 6.45) is 0. The van der Waals surface area contributed by atoms with Gasteiger partial charge in [-0.25, -0.2) is 4.79 Å². The first-order valence-electron chi connectivity index (χ1n) is 2.11.